The van der Waals surface area contributed by atoms with Crippen LogP contribution in [-0.2, 0) is 0 Å². The van der Waals surface area contributed by atoms with Crippen LogP contribution in [0.5, 0.6) is 5.75 Å². The van der Waals surface area contributed by atoms with E-state index in [4.69, 9.17) is 10.6 Å². The van der Waals surface area contributed by atoms with Crippen molar-refractivity contribution in [1.82, 2.24) is 0 Å². The van der Waals surface area contributed by atoms with Gasteiger partial charge in [0.05, 0.1) is 30.3 Å². The van der Waals surface area contributed by atoms with Gasteiger partial charge < -0.3 is 21.2 Å². The molecule has 2 amide bonds. The van der Waals surface area contributed by atoms with Gasteiger partial charge in [0.1, 0.15) is 11.6 Å². The van der Waals surface area contributed by atoms with Crippen molar-refractivity contribution in [3.63, 3.8) is 0 Å². The van der Waals surface area contributed by atoms with Gasteiger partial charge in [0.15, 0.2) is 0 Å². The van der Waals surface area contributed by atoms with E-state index in [0.717, 1.165) is 6.07 Å². The van der Waals surface area contributed by atoms with Crippen LogP contribution in [0.25, 0.3) is 0 Å². The van der Waals surface area contributed by atoms with Gasteiger partial charge in [-0.15, -0.1) is 12.4 Å². The lowest BCUT2D eigenvalue weighted by Crippen LogP contribution is -2.17. The molecule has 0 aliphatic carbocycles. The maximum Gasteiger partial charge on any atom is 0.258 e. The average molecular weight is 443 g/mol. The van der Waals surface area contributed by atoms with Gasteiger partial charge in [-0.25, -0.2) is 4.39 Å². The van der Waals surface area contributed by atoms with Crippen molar-refractivity contribution in [3.05, 3.63) is 89.2 Å². The van der Waals surface area contributed by atoms with Gasteiger partial charge in [0.25, 0.3) is 11.8 Å². The predicted molar refractivity (Wildman–Crippen MR) is 121 cm³/mol. The van der Waals surface area contributed by atoms with E-state index in [-0.39, 0.29) is 23.9 Å². The summed E-state index contributed by atoms with van der Waals surface area (Å²) in [6, 6.07) is 17.2. The number of hydrogen-bond donors (Lipinski definition) is 3. The quantitative estimate of drug-likeness (QED) is 0.304. The van der Waals surface area contributed by atoms with Gasteiger partial charge in [-0.2, -0.15) is 5.10 Å². The third-order valence-electron chi connectivity index (χ3n) is 4.24. The lowest BCUT2D eigenvalue weighted by atomic mass is 10.1. The minimum Gasteiger partial charge on any atom is -0.497 e. The molecular formula is C22H20ClFN4O3. The monoisotopic (exact) mass is 442 g/mol. The van der Waals surface area contributed by atoms with Crippen molar-refractivity contribution >= 4 is 41.8 Å². The second-order valence-corrected chi connectivity index (χ2v) is 6.20. The smallest absolute Gasteiger partial charge is 0.258 e. The number of nitrogens with zero attached hydrogens (tertiary/aromatic N) is 1. The Kier molecular flexibility index (Phi) is 8.10. The molecule has 7 nitrogen and oxygen atoms in total. The number of hydrogen-bond acceptors (Lipinski definition) is 5. The lowest BCUT2D eigenvalue weighted by molar-refractivity contribution is 0.101. The highest BCUT2D eigenvalue weighted by Gasteiger charge is 2.15. The van der Waals surface area contributed by atoms with Gasteiger partial charge in [-0.05, 0) is 54.1 Å². The summed E-state index contributed by atoms with van der Waals surface area (Å²) in [5.41, 5.74) is 1.40. The third kappa shape index (κ3) is 5.80. The van der Waals surface area contributed by atoms with E-state index in [9.17, 15) is 14.0 Å². The number of hydrazone groups is 1. The van der Waals surface area contributed by atoms with Crippen molar-refractivity contribution in [2.75, 3.05) is 17.7 Å². The molecule has 0 saturated carbocycles. The average Bonchev–Trinajstić information content (AvgIpc) is 2.75. The number of nitrogens with two attached hydrogens (primary N) is 1. The molecule has 31 heavy (non-hydrogen) atoms. The Balaban J connectivity index is 0.00000341. The molecule has 0 unspecified atom stereocenters. The number of benzene rings is 3. The van der Waals surface area contributed by atoms with Gasteiger partial charge in [-0.1, -0.05) is 18.2 Å². The minimum atomic E-state index is -0.718. The van der Waals surface area contributed by atoms with Crippen molar-refractivity contribution in [2.45, 2.75) is 0 Å². The van der Waals surface area contributed by atoms with Crippen LogP contribution in [0.15, 0.2) is 71.8 Å². The van der Waals surface area contributed by atoms with Crippen LogP contribution < -0.4 is 21.2 Å². The number of nitrogens with one attached hydrogen (secondary N) is 2. The van der Waals surface area contributed by atoms with Crippen LogP contribution in [0.2, 0.25) is 0 Å². The number of rotatable bonds is 6. The lowest BCUT2D eigenvalue weighted by Gasteiger charge is -2.13. The highest BCUT2D eigenvalue weighted by molar-refractivity contribution is 6.10. The van der Waals surface area contributed by atoms with Crippen LogP contribution in [0.1, 0.15) is 26.3 Å². The van der Waals surface area contributed by atoms with Crippen LogP contribution in [0.4, 0.5) is 15.8 Å². The largest absolute Gasteiger partial charge is 0.497 e. The Morgan fingerprint density at radius 2 is 1.58 bits per heavy atom. The molecule has 0 aliphatic rings. The molecule has 160 valence electrons. The van der Waals surface area contributed by atoms with Gasteiger partial charge in [-0.3, -0.25) is 9.59 Å². The zero-order valence-corrected chi connectivity index (χ0v) is 17.3. The summed E-state index contributed by atoms with van der Waals surface area (Å²) in [6.45, 7) is 0. The van der Waals surface area contributed by atoms with Crippen LogP contribution in [0, 0.1) is 5.82 Å². The Hall–Kier alpha value is -3.91. The molecule has 0 bridgehead atoms. The highest BCUT2D eigenvalue weighted by atomic mass is 35.5. The number of ether oxygens (including phenoxy) is 1. The molecule has 9 heteroatoms. The fourth-order valence-electron chi connectivity index (χ4n) is 2.71. The van der Waals surface area contributed by atoms with E-state index in [0.29, 0.717) is 28.3 Å². The first-order valence-electron chi connectivity index (χ1n) is 8.90. The Bertz CT molecular complexity index is 1100. The first-order chi connectivity index (χ1) is 14.5. The second kappa shape index (κ2) is 10.7. The predicted octanol–water partition coefficient (Wildman–Crippen LogP) is 4.05. The molecule has 0 atom stereocenters. The first kappa shape index (κ1) is 23.4. The molecule has 0 fully saturated rings. The number of carbonyl (C=O) groups excluding carboxylic acids is 2. The highest BCUT2D eigenvalue weighted by Crippen LogP contribution is 2.23. The normalized spacial score (nSPS) is 10.3. The van der Waals surface area contributed by atoms with E-state index in [1.165, 1.54) is 25.5 Å². The zero-order chi connectivity index (χ0) is 21.5. The molecule has 4 N–H and O–H groups in total. The Morgan fingerprint density at radius 3 is 2.13 bits per heavy atom. The maximum atomic E-state index is 14.3. The summed E-state index contributed by atoms with van der Waals surface area (Å²) in [4.78, 5) is 25.1. The molecule has 0 aromatic heterocycles. The molecule has 0 saturated heterocycles. The summed E-state index contributed by atoms with van der Waals surface area (Å²) >= 11 is 0. The molecule has 3 aromatic rings. The zero-order valence-electron chi connectivity index (χ0n) is 16.5. The third-order valence-corrected chi connectivity index (χ3v) is 4.24. The van der Waals surface area contributed by atoms with E-state index in [1.54, 1.807) is 48.5 Å². The molecule has 0 heterocycles. The molecular weight excluding hydrogens is 423 g/mol. The standard InChI is InChI=1S/C22H19FN4O3.ClH/c1-30-16-9-7-15(8-10-16)21(28)26-19-4-2-3-5-20(19)27-22(29)17-11-6-14(13-25-24)12-18(17)23;/h2-13H,24H2,1H3,(H,26,28)(H,27,29);1H. The number of methoxy groups -OCH3 is 1. The van der Waals surface area contributed by atoms with Crippen LogP contribution in [-0.4, -0.2) is 25.1 Å². The summed E-state index contributed by atoms with van der Waals surface area (Å²) in [5, 5.41) is 8.69. The summed E-state index contributed by atoms with van der Waals surface area (Å²) in [6.07, 6.45) is 1.27. The minimum absolute atomic E-state index is 0. The topological polar surface area (TPSA) is 106 Å². The number of halogens is 2. The number of anilines is 2. The molecule has 0 spiro atoms. The van der Waals surface area contributed by atoms with Crippen molar-refractivity contribution < 1.29 is 18.7 Å². The van der Waals surface area contributed by atoms with Gasteiger partial charge in [0.2, 0.25) is 0 Å². The van der Waals surface area contributed by atoms with E-state index >= 15 is 0 Å². The summed E-state index contributed by atoms with van der Waals surface area (Å²) in [5.74, 6) is 3.94. The fourth-order valence-corrected chi connectivity index (χ4v) is 2.71. The van der Waals surface area contributed by atoms with E-state index in [1.807, 2.05) is 0 Å². The SMILES string of the molecule is COc1ccc(C(=O)Nc2ccccc2NC(=O)c2ccc(C=NN)cc2F)cc1.Cl. The van der Waals surface area contributed by atoms with Crippen LogP contribution in [0.3, 0.4) is 0 Å². The Labute approximate surface area is 184 Å². The fraction of sp³-hybridized carbons (Fsp3) is 0.0455. The summed E-state index contributed by atoms with van der Waals surface area (Å²) < 4.78 is 19.4. The molecule has 3 rings (SSSR count). The molecule has 0 aliphatic heterocycles. The second-order valence-electron chi connectivity index (χ2n) is 6.20. The van der Waals surface area contributed by atoms with Crippen molar-refractivity contribution in [2.24, 2.45) is 10.9 Å². The molecule has 3 aromatic carbocycles. The molecule has 0 radical (unpaired) electrons. The first-order valence-corrected chi connectivity index (χ1v) is 8.90. The Morgan fingerprint density at radius 1 is 0.968 bits per heavy atom. The van der Waals surface area contributed by atoms with Gasteiger partial charge in [0, 0.05) is 5.56 Å². The van der Waals surface area contributed by atoms with E-state index in [2.05, 4.69) is 15.7 Å². The maximum absolute atomic E-state index is 14.3. The van der Waals surface area contributed by atoms with E-state index < -0.39 is 11.7 Å². The summed E-state index contributed by atoms with van der Waals surface area (Å²) in [7, 11) is 1.54. The van der Waals surface area contributed by atoms with Crippen molar-refractivity contribution in [1.29, 1.82) is 0 Å². The number of amides is 2. The van der Waals surface area contributed by atoms with Crippen LogP contribution >= 0.6 is 12.4 Å². The number of para-hydroxylation sites is 2. The van der Waals surface area contributed by atoms with Crippen molar-refractivity contribution in [3.8, 4) is 5.75 Å². The number of carbonyl (C=O) groups is 2. The van der Waals surface area contributed by atoms with Gasteiger partial charge >= 0.3 is 0 Å².